The van der Waals surface area contributed by atoms with Crippen molar-refractivity contribution in [1.29, 1.82) is 0 Å². The van der Waals surface area contributed by atoms with Crippen molar-refractivity contribution in [3.05, 3.63) is 83.7 Å². The molecule has 6 nitrogen and oxygen atoms in total. The Balaban J connectivity index is 1.55. The van der Waals surface area contributed by atoms with Crippen LogP contribution in [0.5, 0.6) is 28.7 Å². The van der Waals surface area contributed by atoms with Gasteiger partial charge in [0.05, 0.1) is 27.4 Å². The summed E-state index contributed by atoms with van der Waals surface area (Å²) in [5.41, 5.74) is 3.24. The third-order valence-corrected chi connectivity index (χ3v) is 5.87. The predicted octanol–water partition coefficient (Wildman–Crippen LogP) is 5.96. The maximum Gasteiger partial charge on any atom is 0.203 e. The summed E-state index contributed by atoms with van der Waals surface area (Å²) in [6.45, 7) is 2.91. The first-order valence-electron chi connectivity index (χ1n) is 11.8. The molecule has 1 heterocycles. The zero-order chi connectivity index (χ0) is 24.6. The number of nitrogens with zero attached hydrogens (tertiary/aromatic N) is 1. The number of hydrogen-bond donors (Lipinski definition) is 1. The first-order chi connectivity index (χ1) is 17.1. The van der Waals surface area contributed by atoms with Crippen molar-refractivity contribution < 1.29 is 24.1 Å². The van der Waals surface area contributed by atoms with Crippen molar-refractivity contribution in [3.8, 4) is 28.7 Å². The molecule has 0 spiro atoms. The van der Waals surface area contributed by atoms with E-state index in [1.165, 1.54) is 5.56 Å². The molecule has 3 aromatic carbocycles. The van der Waals surface area contributed by atoms with Gasteiger partial charge in [-0.1, -0.05) is 36.4 Å². The molecule has 0 saturated heterocycles. The number of fused-ring (bicyclic) bond motifs is 1. The molecule has 0 aliphatic rings. The van der Waals surface area contributed by atoms with Crippen LogP contribution in [0.25, 0.3) is 10.8 Å². The SMILES string of the molecule is CCOc1ccc2c(Cc3cc(OC)c(OCCCc4ccccc4)c(OC)c3)cncc2c1O. The average Bonchev–Trinajstić information content (AvgIpc) is 2.89. The standard InChI is InChI=1S/C29H31NO5/c1-4-34-25-13-12-23-22(18-30-19-24(23)28(25)31)15-21-16-26(32-2)29(27(17-21)33-3)35-14-8-11-20-9-6-5-7-10-20/h5-7,9-10,12-13,16-19,31H,4,8,11,14-15H2,1-3H3. The van der Waals surface area contributed by atoms with Crippen LogP contribution in [-0.2, 0) is 12.8 Å². The normalized spacial score (nSPS) is 10.8. The van der Waals surface area contributed by atoms with Gasteiger partial charge in [0, 0.05) is 17.8 Å². The first kappa shape index (κ1) is 24.2. The minimum Gasteiger partial charge on any atom is -0.504 e. The lowest BCUT2D eigenvalue weighted by molar-refractivity contribution is 0.270. The molecule has 1 N–H and O–H groups in total. The Morgan fingerprint density at radius 2 is 1.54 bits per heavy atom. The largest absolute Gasteiger partial charge is 0.504 e. The molecule has 0 fully saturated rings. The van der Waals surface area contributed by atoms with Gasteiger partial charge in [-0.3, -0.25) is 4.98 Å². The highest BCUT2D eigenvalue weighted by Crippen LogP contribution is 2.40. The molecule has 0 unspecified atom stereocenters. The van der Waals surface area contributed by atoms with E-state index in [0.29, 0.717) is 48.0 Å². The van der Waals surface area contributed by atoms with Gasteiger partial charge in [-0.25, -0.2) is 0 Å². The van der Waals surface area contributed by atoms with Crippen LogP contribution in [0.15, 0.2) is 67.0 Å². The van der Waals surface area contributed by atoms with E-state index in [0.717, 1.165) is 29.4 Å². The molecule has 0 amide bonds. The second-order valence-corrected chi connectivity index (χ2v) is 8.18. The van der Waals surface area contributed by atoms with Crippen LogP contribution >= 0.6 is 0 Å². The molecule has 182 valence electrons. The Bertz CT molecular complexity index is 1250. The summed E-state index contributed by atoms with van der Waals surface area (Å²) in [6.07, 6.45) is 5.88. The van der Waals surface area contributed by atoms with Crippen molar-refractivity contribution >= 4 is 10.8 Å². The van der Waals surface area contributed by atoms with Gasteiger partial charge < -0.3 is 24.1 Å². The molecule has 6 heteroatoms. The number of aromatic nitrogens is 1. The number of rotatable bonds is 11. The van der Waals surface area contributed by atoms with Gasteiger partial charge >= 0.3 is 0 Å². The molecule has 0 aliphatic carbocycles. The fraction of sp³-hybridized carbons (Fsp3) is 0.276. The number of phenols is 1. The van der Waals surface area contributed by atoms with E-state index in [1.807, 2.05) is 49.5 Å². The summed E-state index contributed by atoms with van der Waals surface area (Å²) in [4.78, 5) is 4.35. The van der Waals surface area contributed by atoms with E-state index in [4.69, 9.17) is 18.9 Å². The second-order valence-electron chi connectivity index (χ2n) is 8.18. The van der Waals surface area contributed by atoms with Crippen molar-refractivity contribution in [2.24, 2.45) is 0 Å². The van der Waals surface area contributed by atoms with Gasteiger partial charge in [-0.05, 0) is 66.5 Å². The van der Waals surface area contributed by atoms with Crippen molar-refractivity contribution in [1.82, 2.24) is 4.98 Å². The predicted molar refractivity (Wildman–Crippen MR) is 137 cm³/mol. The van der Waals surface area contributed by atoms with Crippen LogP contribution in [0.2, 0.25) is 0 Å². The van der Waals surface area contributed by atoms with Crippen molar-refractivity contribution in [2.75, 3.05) is 27.4 Å². The number of hydrogen-bond acceptors (Lipinski definition) is 6. The Kier molecular flexibility index (Phi) is 7.93. The van der Waals surface area contributed by atoms with Crippen LogP contribution in [0.1, 0.15) is 30.0 Å². The molecule has 4 rings (SSSR count). The third-order valence-electron chi connectivity index (χ3n) is 5.87. The number of pyridine rings is 1. The van der Waals surface area contributed by atoms with E-state index in [-0.39, 0.29) is 5.75 Å². The van der Waals surface area contributed by atoms with E-state index >= 15 is 0 Å². The molecule has 0 saturated carbocycles. The fourth-order valence-corrected chi connectivity index (χ4v) is 4.18. The zero-order valence-electron chi connectivity index (χ0n) is 20.4. The van der Waals surface area contributed by atoms with Crippen LogP contribution in [0.4, 0.5) is 0 Å². The molecular weight excluding hydrogens is 442 g/mol. The Labute approximate surface area is 206 Å². The Hall–Kier alpha value is -3.93. The average molecular weight is 474 g/mol. The van der Waals surface area contributed by atoms with Crippen LogP contribution < -0.4 is 18.9 Å². The fourth-order valence-electron chi connectivity index (χ4n) is 4.18. The van der Waals surface area contributed by atoms with Gasteiger partial charge in [-0.2, -0.15) is 0 Å². The van der Waals surface area contributed by atoms with Gasteiger partial charge in [0.2, 0.25) is 5.75 Å². The highest BCUT2D eigenvalue weighted by molar-refractivity contribution is 5.92. The number of methoxy groups -OCH3 is 2. The van der Waals surface area contributed by atoms with Gasteiger partial charge in [0.25, 0.3) is 0 Å². The molecule has 35 heavy (non-hydrogen) atoms. The maximum atomic E-state index is 10.6. The van der Waals surface area contributed by atoms with Gasteiger partial charge in [0.15, 0.2) is 23.0 Å². The highest BCUT2D eigenvalue weighted by atomic mass is 16.5. The van der Waals surface area contributed by atoms with E-state index in [2.05, 4.69) is 17.1 Å². The summed E-state index contributed by atoms with van der Waals surface area (Å²) in [5.74, 6) is 2.40. The first-order valence-corrected chi connectivity index (χ1v) is 11.8. The molecule has 0 atom stereocenters. The maximum absolute atomic E-state index is 10.6. The third kappa shape index (κ3) is 5.60. The molecule has 0 bridgehead atoms. The Morgan fingerprint density at radius 1 is 0.800 bits per heavy atom. The smallest absolute Gasteiger partial charge is 0.203 e. The summed E-state index contributed by atoms with van der Waals surface area (Å²) >= 11 is 0. The molecule has 0 radical (unpaired) electrons. The summed E-state index contributed by atoms with van der Waals surface area (Å²) in [6, 6.07) is 18.0. The van der Waals surface area contributed by atoms with Crippen LogP contribution in [0, 0.1) is 0 Å². The van der Waals surface area contributed by atoms with E-state index in [9.17, 15) is 5.11 Å². The van der Waals surface area contributed by atoms with Gasteiger partial charge in [-0.15, -0.1) is 0 Å². The van der Waals surface area contributed by atoms with Crippen molar-refractivity contribution in [2.45, 2.75) is 26.2 Å². The minimum absolute atomic E-state index is 0.105. The topological polar surface area (TPSA) is 70.0 Å². The lowest BCUT2D eigenvalue weighted by Gasteiger charge is -2.17. The number of aryl methyl sites for hydroxylation is 1. The number of benzene rings is 3. The summed E-state index contributed by atoms with van der Waals surface area (Å²) < 4.78 is 22.9. The lowest BCUT2D eigenvalue weighted by Crippen LogP contribution is -2.04. The highest BCUT2D eigenvalue weighted by Gasteiger charge is 2.16. The van der Waals surface area contributed by atoms with E-state index in [1.54, 1.807) is 26.5 Å². The van der Waals surface area contributed by atoms with Crippen molar-refractivity contribution in [3.63, 3.8) is 0 Å². The zero-order valence-corrected chi connectivity index (χ0v) is 20.4. The second kappa shape index (κ2) is 11.5. The number of phenolic OH excluding ortho intramolecular Hbond substituents is 1. The van der Waals surface area contributed by atoms with E-state index < -0.39 is 0 Å². The molecule has 1 aromatic heterocycles. The molecule has 4 aromatic rings. The number of ether oxygens (including phenoxy) is 4. The minimum atomic E-state index is 0.105. The monoisotopic (exact) mass is 473 g/mol. The Morgan fingerprint density at radius 3 is 2.23 bits per heavy atom. The molecular formula is C29H31NO5. The van der Waals surface area contributed by atoms with Crippen LogP contribution in [0.3, 0.4) is 0 Å². The summed E-state index contributed by atoms with van der Waals surface area (Å²) in [5, 5.41) is 12.2. The number of aromatic hydroxyl groups is 1. The molecule has 0 aliphatic heterocycles. The quantitative estimate of drug-likeness (QED) is 0.271. The van der Waals surface area contributed by atoms with Crippen LogP contribution in [-0.4, -0.2) is 37.5 Å². The van der Waals surface area contributed by atoms with Gasteiger partial charge in [0.1, 0.15) is 0 Å². The summed E-state index contributed by atoms with van der Waals surface area (Å²) in [7, 11) is 3.25. The lowest BCUT2D eigenvalue weighted by atomic mass is 9.99.